The fourth-order valence-electron chi connectivity index (χ4n) is 2.97. The van der Waals surface area contributed by atoms with E-state index in [-0.39, 0.29) is 18.4 Å². The lowest BCUT2D eigenvalue weighted by Crippen LogP contribution is -2.13. The molecule has 3 aromatic carbocycles. The van der Waals surface area contributed by atoms with E-state index < -0.39 is 0 Å². The van der Waals surface area contributed by atoms with Gasteiger partial charge in [-0.15, -0.1) is 0 Å². The number of ether oxygens (including phenoxy) is 2. The van der Waals surface area contributed by atoms with Gasteiger partial charge in [0.25, 0.3) is 5.91 Å². The van der Waals surface area contributed by atoms with Gasteiger partial charge in [-0.2, -0.15) is 0 Å². The molecular formula is C25H26N2O4. The van der Waals surface area contributed by atoms with Crippen LogP contribution in [0.25, 0.3) is 0 Å². The Morgan fingerprint density at radius 2 is 1.48 bits per heavy atom. The average Bonchev–Trinajstić information content (AvgIpc) is 2.75. The first kappa shape index (κ1) is 21.9. The highest BCUT2D eigenvalue weighted by Crippen LogP contribution is 2.24. The zero-order valence-corrected chi connectivity index (χ0v) is 17.9. The van der Waals surface area contributed by atoms with Crippen LogP contribution in [0.4, 0.5) is 11.4 Å². The van der Waals surface area contributed by atoms with Crippen LogP contribution in [-0.4, -0.2) is 18.4 Å². The van der Waals surface area contributed by atoms with Crippen LogP contribution < -0.4 is 20.1 Å². The van der Waals surface area contributed by atoms with Crippen LogP contribution in [0.15, 0.2) is 66.7 Å². The Hall–Kier alpha value is -3.80. The van der Waals surface area contributed by atoms with Gasteiger partial charge in [-0.1, -0.05) is 17.7 Å². The summed E-state index contributed by atoms with van der Waals surface area (Å²) in [4.78, 5) is 23.9. The zero-order chi connectivity index (χ0) is 22.2. The van der Waals surface area contributed by atoms with Gasteiger partial charge >= 0.3 is 0 Å². The van der Waals surface area contributed by atoms with Gasteiger partial charge in [0.1, 0.15) is 18.1 Å². The molecule has 0 fully saturated rings. The molecule has 0 spiro atoms. The highest BCUT2D eigenvalue weighted by molar-refractivity contribution is 6.04. The summed E-state index contributed by atoms with van der Waals surface area (Å²) in [7, 11) is 0. The van der Waals surface area contributed by atoms with Crippen molar-refractivity contribution in [3.8, 4) is 11.5 Å². The van der Waals surface area contributed by atoms with Crippen LogP contribution in [0.2, 0.25) is 0 Å². The molecule has 0 aliphatic carbocycles. The van der Waals surface area contributed by atoms with E-state index >= 15 is 0 Å². The minimum Gasteiger partial charge on any atom is -0.493 e. The van der Waals surface area contributed by atoms with E-state index in [1.54, 1.807) is 42.5 Å². The van der Waals surface area contributed by atoms with E-state index in [2.05, 4.69) is 10.6 Å². The normalized spacial score (nSPS) is 10.3. The Morgan fingerprint density at radius 1 is 0.839 bits per heavy atom. The molecule has 0 bridgehead atoms. The molecule has 0 atom stereocenters. The van der Waals surface area contributed by atoms with Gasteiger partial charge in [0.15, 0.2) is 0 Å². The van der Waals surface area contributed by atoms with Crippen molar-refractivity contribution < 1.29 is 19.1 Å². The van der Waals surface area contributed by atoms with Crippen molar-refractivity contribution >= 4 is 23.2 Å². The molecule has 3 rings (SSSR count). The Labute approximate surface area is 182 Å². The molecule has 0 aromatic heterocycles. The Bertz CT molecular complexity index is 1040. The number of amides is 2. The van der Waals surface area contributed by atoms with Crippen LogP contribution in [0, 0.1) is 6.92 Å². The number of benzene rings is 3. The van der Waals surface area contributed by atoms with Crippen LogP contribution in [0.3, 0.4) is 0 Å². The number of aryl methyl sites for hydroxylation is 1. The fraction of sp³-hybridized carbons (Fsp3) is 0.200. The summed E-state index contributed by atoms with van der Waals surface area (Å²) in [5.41, 5.74) is 3.74. The lowest BCUT2D eigenvalue weighted by Gasteiger charge is -2.14. The van der Waals surface area contributed by atoms with Gasteiger partial charge in [-0.3, -0.25) is 9.59 Å². The van der Waals surface area contributed by atoms with Crippen molar-refractivity contribution in [3.05, 3.63) is 83.4 Å². The first-order valence-corrected chi connectivity index (χ1v) is 10.1. The number of anilines is 2. The Balaban J connectivity index is 1.72. The van der Waals surface area contributed by atoms with Gasteiger partial charge in [0, 0.05) is 29.4 Å². The third kappa shape index (κ3) is 6.34. The van der Waals surface area contributed by atoms with Crippen LogP contribution in [0.1, 0.15) is 35.3 Å². The molecule has 6 heteroatoms. The zero-order valence-electron chi connectivity index (χ0n) is 17.9. The largest absolute Gasteiger partial charge is 0.493 e. The second-order valence-electron chi connectivity index (χ2n) is 7.07. The summed E-state index contributed by atoms with van der Waals surface area (Å²) in [6, 6.07) is 20.0. The lowest BCUT2D eigenvalue weighted by atomic mass is 10.1. The minimum atomic E-state index is -0.244. The van der Waals surface area contributed by atoms with Crippen molar-refractivity contribution in [3.63, 3.8) is 0 Å². The Morgan fingerprint density at radius 3 is 2.10 bits per heavy atom. The number of carbonyl (C=O) groups is 2. The summed E-state index contributed by atoms with van der Waals surface area (Å²) >= 11 is 0. The van der Waals surface area contributed by atoms with E-state index in [1.807, 2.05) is 38.1 Å². The second-order valence-corrected chi connectivity index (χ2v) is 7.07. The maximum absolute atomic E-state index is 12.7. The third-order valence-electron chi connectivity index (χ3n) is 4.50. The molecule has 6 nitrogen and oxygen atoms in total. The standard InChI is InChI=1S/C25H26N2O4/c1-4-30-24-14-7-19(15-20(24)16-31-23-12-5-17(2)6-13-23)25(29)27-22-10-8-21(9-11-22)26-18(3)28/h5-15H,4,16H2,1-3H3,(H,26,28)(H,27,29). The van der Waals surface area contributed by atoms with Crippen molar-refractivity contribution in [1.29, 1.82) is 0 Å². The number of rotatable bonds is 8. The van der Waals surface area contributed by atoms with Gasteiger partial charge in [0.2, 0.25) is 5.91 Å². The van der Waals surface area contributed by atoms with Crippen molar-refractivity contribution in [2.45, 2.75) is 27.4 Å². The first-order chi connectivity index (χ1) is 14.9. The maximum atomic E-state index is 12.7. The highest BCUT2D eigenvalue weighted by atomic mass is 16.5. The van der Waals surface area contributed by atoms with Gasteiger partial charge in [0.05, 0.1) is 6.61 Å². The molecule has 0 heterocycles. The average molecular weight is 418 g/mol. The third-order valence-corrected chi connectivity index (χ3v) is 4.50. The molecular weight excluding hydrogens is 392 g/mol. The van der Waals surface area contributed by atoms with Crippen molar-refractivity contribution in [2.75, 3.05) is 17.2 Å². The number of hydrogen-bond donors (Lipinski definition) is 2. The monoisotopic (exact) mass is 418 g/mol. The molecule has 2 N–H and O–H groups in total. The fourth-order valence-corrected chi connectivity index (χ4v) is 2.97. The van der Waals surface area contributed by atoms with Crippen LogP contribution in [0.5, 0.6) is 11.5 Å². The SMILES string of the molecule is CCOc1ccc(C(=O)Nc2ccc(NC(C)=O)cc2)cc1COc1ccc(C)cc1. The summed E-state index contributed by atoms with van der Waals surface area (Å²) < 4.78 is 11.6. The van der Waals surface area contributed by atoms with Gasteiger partial charge < -0.3 is 20.1 Å². The molecule has 3 aromatic rings. The van der Waals surface area contributed by atoms with Crippen LogP contribution in [-0.2, 0) is 11.4 Å². The van der Waals surface area contributed by atoms with Gasteiger partial charge in [-0.25, -0.2) is 0 Å². The van der Waals surface area contributed by atoms with E-state index in [4.69, 9.17) is 9.47 Å². The molecule has 0 saturated carbocycles. The molecule has 0 radical (unpaired) electrons. The molecule has 2 amide bonds. The number of nitrogens with one attached hydrogen (secondary N) is 2. The maximum Gasteiger partial charge on any atom is 0.255 e. The molecule has 0 saturated heterocycles. The predicted molar refractivity (Wildman–Crippen MR) is 122 cm³/mol. The van der Waals surface area contributed by atoms with E-state index in [0.29, 0.717) is 29.3 Å². The molecule has 0 aliphatic rings. The summed E-state index contributed by atoms with van der Waals surface area (Å²) in [6.45, 7) is 6.18. The number of hydrogen-bond acceptors (Lipinski definition) is 4. The second kappa shape index (κ2) is 10.3. The quantitative estimate of drug-likeness (QED) is 0.528. The summed E-state index contributed by atoms with van der Waals surface area (Å²) in [5.74, 6) is 1.05. The smallest absolute Gasteiger partial charge is 0.255 e. The van der Waals surface area contributed by atoms with E-state index in [0.717, 1.165) is 16.9 Å². The Kier molecular flexibility index (Phi) is 7.27. The van der Waals surface area contributed by atoms with Crippen molar-refractivity contribution in [2.24, 2.45) is 0 Å². The predicted octanol–water partition coefficient (Wildman–Crippen LogP) is 5.18. The van der Waals surface area contributed by atoms with E-state index in [9.17, 15) is 9.59 Å². The van der Waals surface area contributed by atoms with Crippen molar-refractivity contribution in [1.82, 2.24) is 0 Å². The molecule has 160 valence electrons. The first-order valence-electron chi connectivity index (χ1n) is 10.1. The molecule has 0 aliphatic heterocycles. The summed E-state index contributed by atoms with van der Waals surface area (Å²) in [5, 5.41) is 5.56. The number of carbonyl (C=O) groups excluding carboxylic acids is 2. The lowest BCUT2D eigenvalue weighted by molar-refractivity contribution is -0.114. The summed E-state index contributed by atoms with van der Waals surface area (Å²) in [6.07, 6.45) is 0. The molecule has 0 unspecified atom stereocenters. The van der Waals surface area contributed by atoms with Gasteiger partial charge in [-0.05, 0) is 68.4 Å². The molecule has 31 heavy (non-hydrogen) atoms. The van der Waals surface area contributed by atoms with E-state index in [1.165, 1.54) is 6.92 Å². The minimum absolute atomic E-state index is 0.147. The van der Waals surface area contributed by atoms with Crippen LogP contribution >= 0.6 is 0 Å². The highest BCUT2D eigenvalue weighted by Gasteiger charge is 2.12. The topological polar surface area (TPSA) is 76.7 Å².